The number of quaternary nitrogens is 1. The summed E-state index contributed by atoms with van der Waals surface area (Å²) < 4.78 is 7.48. The van der Waals surface area contributed by atoms with Gasteiger partial charge >= 0.3 is 0 Å². The Morgan fingerprint density at radius 1 is 0.926 bits per heavy atom. The van der Waals surface area contributed by atoms with E-state index in [2.05, 4.69) is 46.8 Å². The first-order valence-electron chi connectivity index (χ1n) is 11.2. The van der Waals surface area contributed by atoms with Crippen LogP contribution in [0.2, 0.25) is 0 Å². The van der Waals surface area contributed by atoms with Crippen molar-refractivity contribution >= 4 is 0 Å². The number of para-hydroxylation sites is 1. The molecule has 0 aliphatic carbocycles. The fourth-order valence-electron chi connectivity index (χ4n) is 4.24. The van der Waals surface area contributed by atoms with E-state index in [1.807, 2.05) is 18.2 Å². The lowest BCUT2D eigenvalue weighted by Gasteiger charge is -2.51. The molecule has 3 nitrogen and oxygen atoms in total. The Morgan fingerprint density at radius 2 is 1.52 bits per heavy atom. The van der Waals surface area contributed by atoms with E-state index in [1.54, 1.807) is 0 Å². The Bertz CT molecular complexity index is 486. The lowest BCUT2D eigenvalue weighted by atomic mass is 9.98. The van der Waals surface area contributed by atoms with Crippen molar-refractivity contribution in [3.8, 4) is 5.75 Å². The quantitative estimate of drug-likeness (QED) is 0.225. The van der Waals surface area contributed by atoms with Crippen LogP contribution in [0.1, 0.15) is 86.0 Å². The molecule has 0 fully saturated rings. The largest absolute Gasteiger partial charge is 0.441 e. The Hall–Kier alpha value is -1.06. The second kappa shape index (κ2) is 12.4. The summed E-state index contributed by atoms with van der Waals surface area (Å²) in [6.45, 7) is 13.7. The van der Waals surface area contributed by atoms with Crippen molar-refractivity contribution in [3.63, 3.8) is 0 Å². The van der Waals surface area contributed by atoms with Crippen molar-refractivity contribution in [2.45, 2.75) is 97.8 Å². The van der Waals surface area contributed by atoms with Crippen molar-refractivity contribution in [3.05, 3.63) is 30.3 Å². The van der Waals surface area contributed by atoms with Gasteiger partial charge in [-0.1, -0.05) is 64.2 Å². The zero-order chi connectivity index (χ0) is 20.2. The van der Waals surface area contributed by atoms with E-state index in [-0.39, 0.29) is 11.8 Å². The molecule has 0 aliphatic heterocycles. The number of benzene rings is 1. The molecule has 0 saturated carbocycles. The average molecular weight is 379 g/mol. The van der Waals surface area contributed by atoms with Gasteiger partial charge in [0.2, 0.25) is 5.72 Å². The summed E-state index contributed by atoms with van der Waals surface area (Å²) in [6, 6.07) is 10.2. The summed E-state index contributed by atoms with van der Waals surface area (Å²) in [5, 5.41) is 10.5. The maximum Gasteiger partial charge on any atom is 0.240 e. The maximum atomic E-state index is 10.5. The molecule has 3 heteroatoms. The van der Waals surface area contributed by atoms with Gasteiger partial charge in [0.15, 0.2) is 0 Å². The predicted molar refractivity (Wildman–Crippen MR) is 116 cm³/mol. The molecule has 1 N–H and O–H groups in total. The molecule has 0 aromatic heterocycles. The fourth-order valence-corrected chi connectivity index (χ4v) is 4.24. The summed E-state index contributed by atoms with van der Waals surface area (Å²) >= 11 is 0. The Morgan fingerprint density at radius 3 is 2.07 bits per heavy atom. The lowest BCUT2D eigenvalue weighted by molar-refractivity contribution is -0.993. The highest BCUT2D eigenvalue weighted by atomic mass is 16.5. The first-order valence-corrected chi connectivity index (χ1v) is 11.2. The molecule has 1 aromatic carbocycles. The van der Waals surface area contributed by atoms with Gasteiger partial charge in [0.05, 0.1) is 13.1 Å². The van der Waals surface area contributed by atoms with Crippen LogP contribution < -0.4 is 4.74 Å². The first kappa shape index (κ1) is 24.0. The molecule has 0 spiro atoms. The third-order valence-electron chi connectivity index (χ3n) is 6.32. The van der Waals surface area contributed by atoms with E-state index < -0.39 is 0 Å². The fraction of sp³-hybridized carbons (Fsp3) is 0.750. The van der Waals surface area contributed by atoms with E-state index in [9.17, 15) is 5.11 Å². The van der Waals surface area contributed by atoms with Crippen LogP contribution in [-0.2, 0) is 0 Å². The van der Waals surface area contributed by atoms with Gasteiger partial charge in [-0.2, -0.15) is 0 Å². The van der Waals surface area contributed by atoms with E-state index in [4.69, 9.17) is 4.74 Å². The minimum atomic E-state index is -0.328. The molecule has 27 heavy (non-hydrogen) atoms. The molecule has 156 valence electrons. The van der Waals surface area contributed by atoms with Gasteiger partial charge in [0, 0.05) is 13.3 Å². The monoisotopic (exact) mass is 378 g/mol. The highest BCUT2D eigenvalue weighted by Crippen LogP contribution is 2.34. The summed E-state index contributed by atoms with van der Waals surface area (Å²) in [5.74, 6) is 0.932. The minimum Gasteiger partial charge on any atom is -0.441 e. The Kier molecular flexibility index (Phi) is 11.0. The standard InChI is InChI=1S/C24H44NO2/c1-6-10-11-12-13-17-20-24(5,27-23-18-15-14-16-19-23)25(8-3,9-4)21-22(26)7-2/h14-16,18-19,22,26H,6-13,17,20-21H2,1-5H3/q+1. The number of rotatable bonds is 15. The zero-order valence-corrected chi connectivity index (χ0v) is 18.5. The van der Waals surface area contributed by atoms with Crippen LogP contribution >= 0.6 is 0 Å². The first-order chi connectivity index (χ1) is 13.0. The van der Waals surface area contributed by atoms with Gasteiger partial charge in [-0.25, -0.2) is 0 Å². The van der Waals surface area contributed by atoms with Gasteiger partial charge in [-0.05, 0) is 38.8 Å². The third-order valence-corrected chi connectivity index (χ3v) is 6.32. The maximum absolute atomic E-state index is 10.5. The van der Waals surface area contributed by atoms with Crippen LogP contribution in [-0.4, -0.2) is 41.1 Å². The molecule has 2 unspecified atom stereocenters. The van der Waals surface area contributed by atoms with E-state index in [0.29, 0.717) is 0 Å². The van der Waals surface area contributed by atoms with E-state index >= 15 is 0 Å². The topological polar surface area (TPSA) is 29.5 Å². The number of nitrogens with zero attached hydrogens (tertiary/aromatic N) is 1. The van der Waals surface area contributed by atoms with Gasteiger partial charge in [0.25, 0.3) is 0 Å². The summed E-state index contributed by atoms with van der Waals surface area (Å²) in [7, 11) is 0. The van der Waals surface area contributed by atoms with Crippen molar-refractivity contribution < 1.29 is 14.3 Å². The molecule has 0 aliphatic rings. The summed E-state index contributed by atoms with van der Waals surface area (Å²) in [6.07, 6.45) is 9.23. The molecule has 1 aromatic rings. The molecular weight excluding hydrogens is 334 g/mol. The van der Waals surface area contributed by atoms with Crippen molar-refractivity contribution in [2.75, 3.05) is 19.6 Å². The van der Waals surface area contributed by atoms with Crippen molar-refractivity contribution in [1.82, 2.24) is 0 Å². The smallest absolute Gasteiger partial charge is 0.240 e. The molecule has 0 amide bonds. The van der Waals surface area contributed by atoms with E-state index in [1.165, 1.54) is 38.5 Å². The molecule has 0 radical (unpaired) electrons. The highest BCUT2D eigenvalue weighted by molar-refractivity contribution is 5.21. The second-order valence-electron chi connectivity index (χ2n) is 8.13. The Balaban J connectivity index is 2.98. The predicted octanol–water partition coefficient (Wildman–Crippen LogP) is 6.16. The number of hydrogen-bond acceptors (Lipinski definition) is 2. The van der Waals surface area contributed by atoms with Crippen LogP contribution in [0.3, 0.4) is 0 Å². The number of ether oxygens (including phenoxy) is 1. The molecule has 0 heterocycles. The van der Waals surface area contributed by atoms with Crippen LogP contribution in [0.15, 0.2) is 30.3 Å². The molecule has 0 bridgehead atoms. The Labute approximate surface area is 168 Å². The van der Waals surface area contributed by atoms with Crippen molar-refractivity contribution in [1.29, 1.82) is 0 Å². The number of hydrogen-bond donors (Lipinski definition) is 1. The summed E-state index contributed by atoms with van der Waals surface area (Å²) in [5.41, 5.74) is -0.328. The molecule has 0 saturated heterocycles. The van der Waals surface area contributed by atoms with E-state index in [0.717, 1.165) is 42.7 Å². The van der Waals surface area contributed by atoms with Crippen LogP contribution in [0, 0.1) is 0 Å². The number of aliphatic hydroxyl groups is 1. The van der Waals surface area contributed by atoms with Crippen LogP contribution in [0.25, 0.3) is 0 Å². The van der Waals surface area contributed by atoms with Crippen molar-refractivity contribution in [2.24, 2.45) is 0 Å². The van der Waals surface area contributed by atoms with Crippen LogP contribution in [0.5, 0.6) is 5.75 Å². The van der Waals surface area contributed by atoms with Gasteiger partial charge < -0.3 is 9.84 Å². The normalized spacial score (nSPS) is 15.3. The van der Waals surface area contributed by atoms with Crippen LogP contribution in [0.4, 0.5) is 0 Å². The zero-order valence-electron chi connectivity index (χ0n) is 18.5. The highest BCUT2D eigenvalue weighted by Gasteiger charge is 2.48. The third kappa shape index (κ3) is 7.12. The number of likely N-dealkylation sites (N-methyl/N-ethyl adjacent to an activating group) is 1. The molecule has 1 rings (SSSR count). The second-order valence-corrected chi connectivity index (χ2v) is 8.13. The van der Waals surface area contributed by atoms with Gasteiger partial charge in [-0.15, -0.1) is 0 Å². The lowest BCUT2D eigenvalue weighted by Crippen LogP contribution is -2.67. The molecule has 2 atom stereocenters. The van der Waals surface area contributed by atoms with Gasteiger partial charge in [0.1, 0.15) is 18.4 Å². The SMILES string of the molecule is CCCCCCCCC(C)(Oc1ccccc1)[N+](CC)(CC)CC(O)CC. The average Bonchev–Trinajstić information content (AvgIpc) is 2.69. The molecular formula is C24H44NO2+. The summed E-state index contributed by atoms with van der Waals surface area (Å²) in [4.78, 5) is 0. The van der Waals surface area contributed by atoms with Gasteiger partial charge in [-0.3, -0.25) is 4.48 Å². The number of unbranched alkanes of at least 4 members (excludes halogenated alkanes) is 5. The minimum absolute atomic E-state index is 0.284. The number of aliphatic hydroxyl groups excluding tert-OH is 1.